The number of aliphatic hydroxyl groups is 1. The lowest BCUT2D eigenvalue weighted by molar-refractivity contribution is 0.102. The van der Waals surface area contributed by atoms with E-state index in [4.69, 9.17) is 0 Å². The van der Waals surface area contributed by atoms with Gasteiger partial charge < -0.3 is 10.4 Å². The molecule has 2 aromatic rings. The van der Waals surface area contributed by atoms with Crippen LogP contribution in [0.1, 0.15) is 47.3 Å². The second-order valence-electron chi connectivity index (χ2n) is 4.95. The Morgan fingerprint density at radius 2 is 1.95 bits per heavy atom. The lowest BCUT2D eigenvalue weighted by Gasteiger charge is -2.10. The van der Waals surface area contributed by atoms with Gasteiger partial charge in [0.15, 0.2) is 0 Å². The van der Waals surface area contributed by atoms with Gasteiger partial charge in [-0.15, -0.1) is 0 Å². The Balaban J connectivity index is 2.19. The molecule has 1 amide bonds. The van der Waals surface area contributed by atoms with E-state index in [0.717, 1.165) is 5.56 Å². The summed E-state index contributed by atoms with van der Waals surface area (Å²) in [6.45, 7) is 5.45. The zero-order chi connectivity index (χ0) is 15.4. The summed E-state index contributed by atoms with van der Waals surface area (Å²) in [5.41, 5.74) is 3.43. The van der Waals surface area contributed by atoms with Crippen molar-refractivity contribution in [3.05, 3.63) is 52.8 Å². The molecule has 21 heavy (non-hydrogen) atoms. The minimum Gasteiger partial charge on any atom is -0.389 e. The number of amides is 1. The van der Waals surface area contributed by atoms with E-state index in [0.29, 0.717) is 29.1 Å². The molecule has 0 aliphatic rings. The molecule has 2 N–H and O–H groups in total. The number of nitrogens with one attached hydrogen (secondary N) is 1. The summed E-state index contributed by atoms with van der Waals surface area (Å²) in [7, 11) is 0. The molecule has 110 valence electrons. The summed E-state index contributed by atoms with van der Waals surface area (Å²) >= 11 is 0. The maximum atomic E-state index is 12.3. The molecule has 1 unspecified atom stereocenters. The van der Waals surface area contributed by atoms with E-state index >= 15 is 0 Å². The van der Waals surface area contributed by atoms with Gasteiger partial charge >= 0.3 is 0 Å². The fourth-order valence-corrected chi connectivity index (χ4v) is 2.02. The number of carbonyl (C=O) groups excluding carboxylic acids is 1. The molecule has 0 saturated carbocycles. The number of rotatable bonds is 4. The topological polar surface area (TPSA) is 75.1 Å². The largest absolute Gasteiger partial charge is 0.389 e. The summed E-state index contributed by atoms with van der Waals surface area (Å²) in [5, 5.41) is 20.3. The Morgan fingerprint density at radius 3 is 2.52 bits per heavy atom. The van der Waals surface area contributed by atoms with E-state index in [2.05, 4.69) is 15.5 Å². The predicted octanol–water partition coefficient (Wildman–Crippen LogP) is 2.65. The fraction of sp³-hybridized carbons (Fsp3) is 0.312. The highest BCUT2D eigenvalue weighted by atomic mass is 16.3. The van der Waals surface area contributed by atoms with Crippen LogP contribution in [-0.2, 0) is 6.42 Å². The van der Waals surface area contributed by atoms with Crippen LogP contribution in [0.25, 0.3) is 0 Å². The summed E-state index contributed by atoms with van der Waals surface area (Å²) < 4.78 is 0. The molecule has 5 heteroatoms. The monoisotopic (exact) mass is 285 g/mol. The predicted molar refractivity (Wildman–Crippen MR) is 81.2 cm³/mol. The summed E-state index contributed by atoms with van der Waals surface area (Å²) in [4.78, 5) is 12.3. The lowest BCUT2D eigenvalue weighted by Crippen LogP contribution is -2.16. The number of anilines is 1. The highest BCUT2D eigenvalue weighted by Crippen LogP contribution is 2.17. The van der Waals surface area contributed by atoms with Gasteiger partial charge in [-0.3, -0.25) is 4.79 Å². The molecule has 0 spiro atoms. The van der Waals surface area contributed by atoms with Gasteiger partial charge in [0.05, 0.1) is 23.1 Å². The Morgan fingerprint density at radius 1 is 1.29 bits per heavy atom. The minimum atomic E-state index is -0.520. The molecule has 1 atom stereocenters. The SMILES string of the molecule is CCc1nnc(C)cc1C(=O)Nc1ccc(C(C)O)cc1. The van der Waals surface area contributed by atoms with Crippen LogP contribution in [0.15, 0.2) is 30.3 Å². The number of carbonyl (C=O) groups is 1. The van der Waals surface area contributed by atoms with E-state index in [1.807, 2.05) is 6.92 Å². The van der Waals surface area contributed by atoms with Crippen LogP contribution >= 0.6 is 0 Å². The number of hydrogen-bond acceptors (Lipinski definition) is 4. The van der Waals surface area contributed by atoms with Crippen molar-refractivity contribution in [3.63, 3.8) is 0 Å². The maximum absolute atomic E-state index is 12.3. The standard InChI is InChI=1S/C16H19N3O2/c1-4-15-14(9-10(2)18-19-15)16(21)17-13-7-5-12(6-8-13)11(3)20/h5-9,11,20H,4H2,1-3H3,(H,17,21). The number of aryl methyl sites for hydroxylation is 2. The third-order valence-corrected chi connectivity index (χ3v) is 3.22. The zero-order valence-electron chi connectivity index (χ0n) is 12.4. The van der Waals surface area contributed by atoms with Crippen molar-refractivity contribution in [3.8, 4) is 0 Å². The van der Waals surface area contributed by atoms with Crippen molar-refractivity contribution in [1.82, 2.24) is 10.2 Å². The molecule has 0 aliphatic carbocycles. The average molecular weight is 285 g/mol. The number of aromatic nitrogens is 2. The van der Waals surface area contributed by atoms with Crippen LogP contribution in [0.4, 0.5) is 5.69 Å². The van der Waals surface area contributed by atoms with Crippen molar-refractivity contribution in [2.45, 2.75) is 33.3 Å². The first-order valence-corrected chi connectivity index (χ1v) is 6.93. The smallest absolute Gasteiger partial charge is 0.257 e. The first kappa shape index (κ1) is 15.1. The third kappa shape index (κ3) is 3.64. The van der Waals surface area contributed by atoms with Gasteiger partial charge in [-0.25, -0.2) is 0 Å². The molecule has 0 radical (unpaired) electrons. The normalized spacial score (nSPS) is 12.0. The molecule has 0 fully saturated rings. The molecule has 1 aromatic carbocycles. The first-order valence-electron chi connectivity index (χ1n) is 6.93. The molecule has 2 rings (SSSR count). The van der Waals surface area contributed by atoms with Gasteiger partial charge in [-0.05, 0) is 44.0 Å². The third-order valence-electron chi connectivity index (χ3n) is 3.22. The number of benzene rings is 1. The molecule has 0 bridgehead atoms. The summed E-state index contributed by atoms with van der Waals surface area (Å²) in [6.07, 6.45) is 0.130. The van der Waals surface area contributed by atoms with Crippen molar-refractivity contribution >= 4 is 11.6 Å². The fourth-order valence-electron chi connectivity index (χ4n) is 2.02. The van der Waals surface area contributed by atoms with E-state index in [9.17, 15) is 9.90 Å². The Bertz CT molecular complexity index is 636. The number of hydrogen-bond donors (Lipinski definition) is 2. The minimum absolute atomic E-state index is 0.199. The summed E-state index contributed by atoms with van der Waals surface area (Å²) in [6, 6.07) is 8.86. The van der Waals surface area contributed by atoms with E-state index in [1.165, 1.54) is 0 Å². The second-order valence-corrected chi connectivity index (χ2v) is 4.95. The molecule has 1 aromatic heterocycles. The van der Waals surface area contributed by atoms with Gasteiger partial charge in [0.25, 0.3) is 5.91 Å². The maximum Gasteiger partial charge on any atom is 0.257 e. The number of aliphatic hydroxyl groups excluding tert-OH is 1. The zero-order valence-corrected chi connectivity index (χ0v) is 12.4. The van der Waals surface area contributed by atoms with Crippen molar-refractivity contribution in [2.75, 3.05) is 5.32 Å². The quantitative estimate of drug-likeness (QED) is 0.905. The molecular formula is C16H19N3O2. The van der Waals surface area contributed by atoms with Crippen LogP contribution < -0.4 is 5.32 Å². The van der Waals surface area contributed by atoms with Crippen molar-refractivity contribution in [1.29, 1.82) is 0 Å². The van der Waals surface area contributed by atoms with Gasteiger partial charge in [0.2, 0.25) is 0 Å². The van der Waals surface area contributed by atoms with Gasteiger partial charge in [0, 0.05) is 5.69 Å². The van der Waals surface area contributed by atoms with Crippen LogP contribution in [0, 0.1) is 6.92 Å². The van der Waals surface area contributed by atoms with E-state index in [1.54, 1.807) is 44.2 Å². The van der Waals surface area contributed by atoms with Crippen LogP contribution in [0.3, 0.4) is 0 Å². The first-order chi connectivity index (χ1) is 10.0. The van der Waals surface area contributed by atoms with Crippen LogP contribution in [-0.4, -0.2) is 21.2 Å². The highest BCUT2D eigenvalue weighted by molar-refractivity contribution is 6.05. The van der Waals surface area contributed by atoms with Gasteiger partial charge in [-0.2, -0.15) is 10.2 Å². The van der Waals surface area contributed by atoms with E-state index < -0.39 is 6.10 Å². The van der Waals surface area contributed by atoms with Gasteiger partial charge in [-0.1, -0.05) is 19.1 Å². The lowest BCUT2D eigenvalue weighted by atomic mass is 10.1. The highest BCUT2D eigenvalue weighted by Gasteiger charge is 2.13. The molecule has 0 aliphatic heterocycles. The second kappa shape index (κ2) is 6.45. The van der Waals surface area contributed by atoms with Crippen molar-refractivity contribution in [2.24, 2.45) is 0 Å². The molecule has 1 heterocycles. The summed E-state index contributed by atoms with van der Waals surface area (Å²) in [5.74, 6) is -0.199. The van der Waals surface area contributed by atoms with Crippen molar-refractivity contribution < 1.29 is 9.90 Å². The number of nitrogens with zero attached hydrogens (tertiary/aromatic N) is 2. The average Bonchev–Trinajstić information content (AvgIpc) is 2.47. The Labute approximate surface area is 124 Å². The molecule has 0 saturated heterocycles. The van der Waals surface area contributed by atoms with Gasteiger partial charge in [0.1, 0.15) is 0 Å². The molecular weight excluding hydrogens is 266 g/mol. The van der Waals surface area contributed by atoms with E-state index in [-0.39, 0.29) is 5.91 Å². The Kier molecular flexibility index (Phi) is 4.65. The Hall–Kier alpha value is -2.27. The van der Waals surface area contributed by atoms with Crippen LogP contribution in [0.2, 0.25) is 0 Å². The molecule has 5 nitrogen and oxygen atoms in total. The van der Waals surface area contributed by atoms with Crippen LogP contribution in [0.5, 0.6) is 0 Å².